The number of nitrogens with zero attached hydrogens (tertiary/aromatic N) is 3. The molecule has 1 fully saturated rings. The number of aryl methyl sites for hydroxylation is 1. The van der Waals surface area contributed by atoms with E-state index in [2.05, 4.69) is 38.5 Å². The molecule has 1 aliphatic rings. The van der Waals surface area contributed by atoms with E-state index in [9.17, 15) is 4.79 Å². The Kier molecular flexibility index (Phi) is 6.31. The standard InChI is InChI=1S/C21H23N5OS2/c1-15-8-9-16(17(13-15)26-11-5-2-6-12-26)24-20(27)25-21-23-14-19(29-21)28-18-7-3-4-10-22-18/h3-4,7-10,13-14H,2,5-6,11-12H2,1H3,(H2,23,24,25,27). The van der Waals surface area contributed by atoms with Crippen molar-refractivity contribution in [3.05, 3.63) is 54.4 Å². The molecular formula is C21H23N5OS2. The first-order chi connectivity index (χ1) is 14.2. The Morgan fingerprint density at radius 1 is 1.10 bits per heavy atom. The highest BCUT2D eigenvalue weighted by atomic mass is 32.2. The van der Waals surface area contributed by atoms with Crippen molar-refractivity contribution in [3.63, 3.8) is 0 Å². The van der Waals surface area contributed by atoms with E-state index in [0.29, 0.717) is 5.13 Å². The highest BCUT2D eigenvalue weighted by Gasteiger charge is 2.17. The summed E-state index contributed by atoms with van der Waals surface area (Å²) in [6, 6.07) is 11.6. The van der Waals surface area contributed by atoms with Gasteiger partial charge in [0.05, 0.1) is 21.8 Å². The summed E-state index contributed by atoms with van der Waals surface area (Å²) in [5, 5.41) is 7.31. The predicted octanol–water partition coefficient (Wildman–Crippen LogP) is 5.63. The molecule has 0 saturated carbocycles. The average Bonchev–Trinajstić information content (AvgIpc) is 3.17. The van der Waals surface area contributed by atoms with Crippen molar-refractivity contribution < 1.29 is 4.79 Å². The molecule has 0 atom stereocenters. The Morgan fingerprint density at radius 2 is 1.97 bits per heavy atom. The summed E-state index contributed by atoms with van der Waals surface area (Å²) in [7, 11) is 0. The van der Waals surface area contributed by atoms with Gasteiger partial charge in [0.25, 0.3) is 0 Å². The van der Waals surface area contributed by atoms with E-state index in [1.54, 1.807) is 12.4 Å². The molecule has 3 heterocycles. The van der Waals surface area contributed by atoms with Crippen LogP contribution in [0.25, 0.3) is 0 Å². The number of carbonyl (C=O) groups excluding carboxylic acids is 1. The number of hydrogen-bond acceptors (Lipinski definition) is 6. The van der Waals surface area contributed by atoms with Crippen molar-refractivity contribution in [3.8, 4) is 0 Å². The lowest BCUT2D eigenvalue weighted by atomic mass is 10.1. The highest BCUT2D eigenvalue weighted by Crippen LogP contribution is 2.33. The van der Waals surface area contributed by atoms with Crippen molar-refractivity contribution in [1.82, 2.24) is 9.97 Å². The van der Waals surface area contributed by atoms with Crippen LogP contribution in [-0.2, 0) is 0 Å². The molecule has 1 aliphatic heterocycles. The van der Waals surface area contributed by atoms with Crippen LogP contribution in [0.15, 0.2) is 58.0 Å². The number of aromatic nitrogens is 2. The monoisotopic (exact) mass is 425 g/mol. The van der Waals surface area contributed by atoms with E-state index >= 15 is 0 Å². The van der Waals surface area contributed by atoms with E-state index in [0.717, 1.165) is 33.7 Å². The minimum absolute atomic E-state index is 0.282. The SMILES string of the molecule is Cc1ccc(NC(=O)Nc2ncc(Sc3ccccn3)s2)c(N2CCCCC2)c1. The molecule has 2 aromatic heterocycles. The predicted molar refractivity (Wildman–Crippen MR) is 120 cm³/mol. The molecule has 6 nitrogen and oxygen atoms in total. The van der Waals surface area contributed by atoms with Crippen molar-refractivity contribution in [2.24, 2.45) is 0 Å². The van der Waals surface area contributed by atoms with Gasteiger partial charge in [-0.1, -0.05) is 35.2 Å². The first-order valence-corrected chi connectivity index (χ1v) is 11.3. The zero-order chi connectivity index (χ0) is 20.1. The topological polar surface area (TPSA) is 70.1 Å². The normalized spacial score (nSPS) is 13.9. The molecule has 1 aromatic carbocycles. The van der Waals surface area contributed by atoms with Gasteiger partial charge in [0, 0.05) is 19.3 Å². The molecule has 0 spiro atoms. The van der Waals surface area contributed by atoms with E-state index in [-0.39, 0.29) is 6.03 Å². The number of nitrogens with one attached hydrogen (secondary N) is 2. The maximum Gasteiger partial charge on any atom is 0.325 e. The van der Waals surface area contributed by atoms with Gasteiger partial charge in [0.1, 0.15) is 5.03 Å². The van der Waals surface area contributed by atoms with E-state index < -0.39 is 0 Å². The van der Waals surface area contributed by atoms with Gasteiger partial charge in [-0.3, -0.25) is 5.32 Å². The number of pyridine rings is 1. The van der Waals surface area contributed by atoms with Crippen LogP contribution in [0, 0.1) is 6.92 Å². The van der Waals surface area contributed by atoms with Crippen LogP contribution >= 0.6 is 23.1 Å². The molecule has 3 aromatic rings. The van der Waals surface area contributed by atoms with Gasteiger partial charge in [-0.25, -0.2) is 14.8 Å². The Labute approximate surface area is 178 Å². The van der Waals surface area contributed by atoms with Crippen LogP contribution in [0.1, 0.15) is 24.8 Å². The third kappa shape index (κ3) is 5.27. The maximum atomic E-state index is 12.6. The zero-order valence-electron chi connectivity index (χ0n) is 16.2. The summed E-state index contributed by atoms with van der Waals surface area (Å²) in [6.07, 6.45) is 7.17. The summed E-state index contributed by atoms with van der Waals surface area (Å²) in [4.78, 5) is 23.5. The summed E-state index contributed by atoms with van der Waals surface area (Å²) < 4.78 is 0.975. The first-order valence-electron chi connectivity index (χ1n) is 9.66. The Bertz CT molecular complexity index is 970. The smallest absolute Gasteiger partial charge is 0.325 e. The Balaban J connectivity index is 1.41. The first kappa shape index (κ1) is 19.7. The van der Waals surface area contributed by atoms with Crippen LogP contribution in [0.3, 0.4) is 0 Å². The molecule has 8 heteroatoms. The van der Waals surface area contributed by atoms with Crippen LogP contribution in [0.5, 0.6) is 0 Å². The fourth-order valence-corrected chi connectivity index (χ4v) is 5.05. The number of amides is 2. The molecule has 150 valence electrons. The molecule has 2 N–H and O–H groups in total. The number of carbonyl (C=O) groups is 1. The molecule has 0 aliphatic carbocycles. The summed E-state index contributed by atoms with van der Waals surface area (Å²) >= 11 is 2.96. The fraction of sp³-hybridized carbons (Fsp3) is 0.286. The maximum absolute atomic E-state index is 12.6. The largest absolute Gasteiger partial charge is 0.370 e. The molecule has 0 radical (unpaired) electrons. The van der Waals surface area contributed by atoms with Crippen LogP contribution in [-0.4, -0.2) is 29.1 Å². The molecule has 29 heavy (non-hydrogen) atoms. The minimum Gasteiger partial charge on any atom is -0.370 e. The number of benzene rings is 1. The quantitative estimate of drug-likeness (QED) is 0.554. The second-order valence-electron chi connectivity index (χ2n) is 6.90. The van der Waals surface area contributed by atoms with E-state index in [1.807, 2.05) is 30.3 Å². The summed E-state index contributed by atoms with van der Waals surface area (Å²) in [5.74, 6) is 0. The summed E-state index contributed by atoms with van der Waals surface area (Å²) in [6.45, 7) is 4.13. The number of piperidine rings is 1. The van der Waals surface area contributed by atoms with Crippen LogP contribution in [0.4, 0.5) is 21.3 Å². The third-order valence-electron chi connectivity index (χ3n) is 4.65. The van der Waals surface area contributed by atoms with E-state index in [4.69, 9.17) is 0 Å². The van der Waals surface area contributed by atoms with E-state index in [1.165, 1.54) is 47.9 Å². The Hall–Kier alpha value is -2.58. The molecule has 2 amide bonds. The number of hydrogen-bond donors (Lipinski definition) is 2. The van der Waals surface area contributed by atoms with Gasteiger partial charge in [0.2, 0.25) is 0 Å². The van der Waals surface area contributed by atoms with Gasteiger partial charge in [-0.05, 0) is 56.0 Å². The molecular weight excluding hydrogens is 402 g/mol. The van der Waals surface area contributed by atoms with Crippen molar-refractivity contribution in [2.75, 3.05) is 28.6 Å². The second kappa shape index (κ2) is 9.28. The van der Waals surface area contributed by atoms with Crippen molar-refractivity contribution in [2.45, 2.75) is 35.4 Å². The van der Waals surface area contributed by atoms with Crippen LogP contribution < -0.4 is 15.5 Å². The van der Waals surface area contributed by atoms with Gasteiger partial charge in [-0.2, -0.15) is 0 Å². The van der Waals surface area contributed by atoms with Gasteiger partial charge in [-0.15, -0.1) is 0 Å². The summed E-state index contributed by atoms with van der Waals surface area (Å²) in [5.41, 5.74) is 3.10. The fourth-order valence-electron chi connectivity index (χ4n) is 3.27. The van der Waals surface area contributed by atoms with Gasteiger partial charge >= 0.3 is 6.03 Å². The van der Waals surface area contributed by atoms with Gasteiger partial charge in [0.15, 0.2) is 5.13 Å². The van der Waals surface area contributed by atoms with Crippen molar-refractivity contribution in [1.29, 1.82) is 0 Å². The lowest BCUT2D eigenvalue weighted by molar-refractivity contribution is 0.262. The number of urea groups is 1. The Morgan fingerprint density at radius 3 is 2.76 bits per heavy atom. The number of anilines is 3. The van der Waals surface area contributed by atoms with Crippen molar-refractivity contribution >= 4 is 45.6 Å². The number of rotatable bonds is 5. The molecule has 0 bridgehead atoms. The molecule has 4 rings (SSSR count). The second-order valence-corrected chi connectivity index (χ2v) is 9.25. The number of thiazole rings is 1. The minimum atomic E-state index is -0.282. The van der Waals surface area contributed by atoms with Crippen LogP contribution in [0.2, 0.25) is 0 Å². The zero-order valence-corrected chi connectivity index (χ0v) is 17.9. The molecule has 0 unspecified atom stereocenters. The van der Waals surface area contributed by atoms with Gasteiger partial charge < -0.3 is 10.2 Å². The lowest BCUT2D eigenvalue weighted by Gasteiger charge is -2.30. The third-order valence-corrected chi connectivity index (χ3v) is 6.61. The highest BCUT2D eigenvalue weighted by molar-refractivity contribution is 8.01. The average molecular weight is 426 g/mol. The lowest BCUT2D eigenvalue weighted by Crippen LogP contribution is -2.31. The molecule has 1 saturated heterocycles.